The van der Waals surface area contributed by atoms with Gasteiger partial charge in [0.15, 0.2) is 11.5 Å². The van der Waals surface area contributed by atoms with Crippen molar-refractivity contribution in [2.75, 3.05) is 6.54 Å². The van der Waals surface area contributed by atoms with E-state index in [4.69, 9.17) is 10.2 Å². The molecule has 4 rings (SSSR count). The van der Waals surface area contributed by atoms with Crippen LogP contribution in [0.25, 0.3) is 11.1 Å². The van der Waals surface area contributed by atoms with Gasteiger partial charge in [-0.05, 0) is 35.7 Å². The zero-order chi connectivity index (χ0) is 17.6. The van der Waals surface area contributed by atoms with Gasteiger partial charge in [-0.3, -0.25) is 9.59 Å². The summed E-state index contributed by atoms with van der Waals surface area (Å²) in [4.78, 5) is 30.9. The van der Waals surface area contributed by atoms with Crippen molar-refractivity contribution in [1.29, 1.82) is 0 Å². The number of aryl methyl sites for hydroxylation is 1. The molecule has 6 nitrogen and oxygen atoms in total. The topological polar surface area (TPSA) is 89.4 Å². The molecule has 2 heterocycles. The predicted octanol–water partition coefficient (Wildman–Crippen LogP) is 2.36. The van der Waals surface area contributed by atoms with E-state index in [1.165, 1.54) is 4.90 Å². The number of fused-ring (bicyclic) bond motifs is 2. The van der Waals surface area contributed by atoms with E-state index in [1.54, 1.807) is 25.1 Å². The van der Waals surface area contributed by atoms with E-state index in [-0.39, 0.29) is 5.91 Å². The molecule has 0 spiro atoms. The number of oxazole rings is 1. The maximum Gasteiger partial charge on any atom is 0.254 e. The Labute approximate surface area is 144 Å². The molecule has 1 unspecified atom stereocenters. The lowest BCUT2D eigenvalue weighted by molar-refractivity contribution is -0.123. The van der Waals surface area contributed by atoms with Gasteiger partial charge in [-0.2, -0.15) is 0 Å². The lowest BCUT2D eigenvalue weighted by atomic mass is 9.91. The highest BCUT2D eigenvalue weighted by molar-refractivity contribution is 6.00. The van der Waals surface area contributed by atoms with Crippen molar-refractivity contribution < 1.29 is 14.0 Å². The van der Waals surface area contributed by atoms with Crippen LogP contribution in [0.15, 0.2) is 46.9 Å². The second kappa shape index (κ2) is 5.73. The number of amides is 2. The van der Waals surface area contributed by atoms with E-state index in [2.05, 4.69) is 4.98 Å². The van der Waals surface area contributed by atoms with E-state index < -0.39 is 11.9 Å². The Morgan fingerprint density at radius 2 is 2.04 bits per heavy atom. The van der Waals surface area contributed by atoms with Gasteiger partial charge in [-0.15, -0.1) is 0 Å². The van der Waals surface area contributed by atoms with Crippen molar-refractivity contribution >= 4 is 22.9 Å². The molecule has 1 aliphatic rings. The molecule has 0 saturated carbocycles. The molecule has 25 heavy (non-hydrogen) atoms. The van der Waals surface area contributed by atoms with Crippen LogP contribution in [0.1, 0.15) is 33.4 Å². The van der Waals surface area contributed by atoms with Crippen molar-refractivity contribution in [2.24, 2.45) is 5.73 Å². The van der Waals surface area contributed by atoms with Gasteiger partial charge in [-0.1, -0.05) is 24.3 Å². The molecular formula is C19H17N3O3. The fourth-order valence-corrected chi connectivity index (χ4v) is 3.43. The van der Waals surface area contributed by atoms with Gasteiger partial charge in [0.1, 0.15) is 11.6 Å². The quantitative estimate of drug-likeness (QED) is 0.778. The van der Waals surface area contributed by atoms with Crippen molar-refractivity contribution in [3.8, 4) is 0 Å². The maximum absolute atomic E-state index is 13.0. The predicted molar refractivity (Wildman–Crippen MR) is 91.9 cm³/mol. The van der Waals surface area contributed by atoms with Crippen LogP contribution in [0.4, 0.5) is 0 Å². The lowest BCUT2D eigenvalue weighted by Crippen LogP contribution is -2.45. The van der Waals surface area contributed by atoms with Gasteiger partial charge in [0.2, 0.25) is 5.91 Å². The molecule has 0 fully saturated rings. The number of benzene rings is 2. The molecule has 1 aromatic heterocycles. The van der Waals surface area contributed by atoms with Gasteiger partial charge in [-0.25, -0.2) is 4.98 Å². The van der Waals surface area contributed by atoms with Crippen molar-refractivity contribution in [2.45, 2.75) is 19.4 Å². The zero-order valence-corrected chi connectivity index (χ0v) is 13.7. The number of primary amides is 1. The number of rotatable bonds is 2. The summed E-state index contributed by atoms with van der Waals surface area (Å²) in [6, 6.07) is 12.0. The van der Waals surface area contributed by atoms with Crippen LogP contribution in [0.3, 0.4) is 0 Å². The molecule has 2 amide bonds. The third-order valence-corrected chi connectivity index (χ3v) is 4.56. The first-order chi connectivity index (χ1) is 12.0. The van der Waals surface area contributed by atoms with Crippen molar-refractivity contribution in [1.82, 2.24) is 9.88 Å². The second-order valence-electron chi connectivity index (χ2n) is 6.17. The molecular weight excluding hydrogens is 318 g/mol. The highest BCUT2D eigenvalue weighted by Crippen LogP contribution is 2.31. The Kier molecular flexibility index (Phi) is 3.53. The average Bonchev–Trinajstić information content (AvgIpc) is 2.99. The number of hydrogen-bond acceptors (Lipinski definition) is 4. The standard InChI is InChI=1S/C19H17N3O3/c1-11-21-15-7-6-13(10-16(15)25-11)19(24)22-9-8-12-4-2-3-5-14(12)17(22)18(20)23/h2-7,10,17H,8-9H2,1H3,(H2,20,23). The van der Waals surface area contributed by atoms with Crippen LogP contribution in [-0.4, -0.2) is 28.2 Å². The minimum Gasteiger partial charge on any atom is -0.441 e. The third-order valence-electron chi connectivity index (χ3n) is 4.56. The molecule has 3 aromatic rings. The van der Waals surface area contributed by atoms with Crippen LogP contribution < -0.4 is 5.73 Å². The zero-order valence-electron chi connectivity index (χ0n) is 13.7. The number of nitrogens with zero attached hydrogens (tertiary/aromatic N) is 2. The fourth-order valence-electron chi connectivity index (χ4n) is 3.43. The monoisotopic (exact) mass is 335 g/mol. The Hall–Kier alpha value is -3.15. The molecule has 1 aliphatic heterocycles. The summed E-state index contributed by atoms with van der Waals surface area (Å²) >= 11 is 0. The van der Waals surface area contributed by atoms with E-state index >= 15 is 0 Å². The van der Waals surface area contributed by atoms with Crippen LogP contribution in [0.2, 0.25) is 0 Å². The van der Waals surface area contributed by atoms with Crippen LogP contribution in [0.5, 0.6) is 0 Å². The summed E-state index contributed by atoms with van der Waals surface area (Å²) in [7, 11) is 0. The summed E-state index contributed by atoms with van der Waals surface area (Å²) in [5.41, 5.74) is 9.17. The number of hydrogen-bond donors (Lipinski definition) is 1. The normalized spacial score (nSPS) is 16.7. The number of carbonyl (C=O) groups is 2. The number of carbonyl (C=O) groups excluding carboxylic acids is 2. The average molecular weight is 335 g/mol. The summed E-state index contributed by atoms with van der Waals surface area (Å²) in [5, 5.41) is 0. The molecule has 0 radical (unpaired) electrons. The van der Waals surface area contributed by atoms with Gasteiger partial charge >= 0.3 is 0 Å². The minimum absolute atomic E-state index is 0.241. The summed E-state index contributed by atoms with van der Waals surface area (Å²) < 4.78 is 5.50. The van der Waals surface area contributed by atoms with Crippen LogP contribution in [-0.2, 0) is 11.2 Å². The van der Waals surface area contributed by atoms with Gasteiger partial charge in [0, 0.05) is 19.0 Å². The first-order valence-electron chi connectivity index (χ1n) is 8.10. The summed E-state index contributed by atoms with van der Waals surface area (Å²) in [6.45, 7) is 2.20. The van der Waals surface area contributed by atoms with Gasteiger partial charge < -0.3 is 15.1 Å². The minimum atomic E-state index is -0.760. The number of nitrogens with two attached hydrogens (primary N) is 1. The molecule has 2 aromatic carbocycles. The Balaban J connectivity index is 1.74. The molecule has 1 atom stereocenters. The summed E-state index contributed by atoms with van der Waals surface area (Å²) in [5.74, 6) is -0.229. The maximum atomic E-state index is 13.0. The Morgan fingerprint density at radius 3 is 2.84 bits per heavy atom. The first kappa shape index (κ1) is 15.4. The van der Waals surface area contributed by atoms with Crippen LogP contribution in [0, 0.1) is 6.92 Å². The molecule has 6 heteroatoms. The van der Waals surface area contributed by atoms with Gasteiger partial charge in [0.05, 0.1) is 0 Å². The fraction of sp³-hybridized carbons (Fsp3) is 0.211. The third kappa shape index (κ3) is 2.55. The summed E-state index contributed by atoms with van der Waals surface area (Å²) in [6.07, 6.45) is 0.690. The largest absolute Gasteiger partial charge is 0.441 e. The van der Waals surface area contributed by atoms with Crippen molar-refractivity contribution in [3.63, 3.8) is 0 Å². The Morgan fingerprint density at radius 1 is 1.24 bits per heavy atom. The van der Waals surface area contributed by atoms with Gasteiger partial charge in [0.25, 0.3) is 5.91 Å². The second-order valence-corrected chi connectivity index (χ2v) is 6.17. The molecule has 0 aliphatic carbocycles. The Bertz CT molecular complexity index is 992. The van der Waals surface area contributed by atoms with E-state index in [1.807, 2.05) is 24.3 Å². The molecule has 0 saturated heterocycles. The van der Waals surface area contributed by atoms with E-state index in [9.17, 15) is 9.59 Å². The smallest absolute Gasteiger partial charge is 0.254 e. The van der Waals surface area contributed by atoms with Crippen molar-refractivity contribution in [3.05, 3.63) is 65.0 Å². The SMILES string of the molecule is Cc1nc2ccc(C(=O)N3CCc4ccccc4C3C(N)=O)cc2o1. The lowest BCUT2D eigenvalue weighted by Gasteiger charge is -2.35. The highest BCUT2D eigenvalue weighted by Gasteiger charge is 2.35. The molecule has 126 valence electrons. The van der Waals surface area contributed by atoms with E-state index in [0.29, 0.717) is 35.5 Å². The molecule has 0 bridgehead atoms. The highest BCUT2D eigenvalue weighted by atomic mass is 16.3. The van der Waals surface area contributed by atoms with E-state index in [0.717, 1.165) is 11.1 Å². The first-order valence-corrected chi connectivity index (χ1v) is 8.10. The van der Waals surface area contributed by atoms with Crippen LogP contribution >= 0.6 is 0 Å². The number of aromatic nitrogens is 1. The molecule has 2 N–H and O–H groups in total.